The van der Waals surface area contributed by atoms with E-state index in [9.17, 15) is 18.0 Å². The number of nitrogens with zero attached hydrogens (tertiary/aromatic N) is 1. The highest BCUT2D eigenvalue weighted by Gasteiger charge is 2.33. The highest BCUT2D eigenvalue weighted by Crippen LogP contribution is 2.41. The maximum Gasteiger partial charge on any atom is 0.243 e. The number of benzene rings is 2. The molecule has 0 heterocycles. The molecule has 0 spiro atoms. The molecule has 0 aromatic heterocycles. The van der Waals surface area contributed by atoms with Crippen LogP contribution in [0.25, 0.3) is 0 Å². The summed E-state index contributed by atoms with van der Waals surface area (Å²) in [4.78, 5) is 24.1. The number of Topliss-reactive ketones (excluding diaryl/α,β-unsaturated/α-hetero) is 1. The molecule has 1 amide bonds. The van der Waals surface area contributed by atoms with Crippen molar-refractivity contribution in [3.8, 4) is 0 Å². The Labute approximate surface area is 178 Å². The van der Waals surface area contributed by atoms with E-state index in [1.54, 1.807) is 0 Å². The molecular formula is C23H28N2O4S. The molecule has 0 radical (unpaired) electrons. The van der Waals surface area contributed by atoms with Crippen molar-refractivity contribution in [2.24, 2.45) is 0 Å². The molecule has 7 heteroatoms. The van der Waals surface area contributed by atoms with E-state index in [1.165, 1.54) is 43.8 Å². The first-order valence-electron chi connectivity index (χ1n) is 9.98. The summed E-state index contributed by atoms with van der Waals surface area (Å²) >= 11 is 0. The zero-order chi connectivity index (χ0) is 22.1. The van der Waals surface area contributed by atoms with Crippen molar-refractivity contribution in [2.45, 2.75) is 50.0 Å². The molecule has 160 valence electrons. The number of nitrogens with one attached hydrogen (secondary N) is 1. The van der Waals surface area contributed by atoms with Gasteiger partial charge in [-0.05, 0) is 48.4 Å². The first kappa shape index (κ1) is 22.2. The molecule has 2 aromatic carbocycles. The molecule has 1 aliphatic carbocycles. The van der Waals surface area contributed by atoms with Gasteiger partial charge in [-0.1, -0.05) is 50.2 Å². The van der Waals surface area contributed by atoms with Crippen molar-refractivity contribution < 1.29 is 18.0 Å². The van der Waals surface area contributed by atoms with Crippen LogP contribution in [0.1, 0.15) is 61.1 Å². The van der Waals surface area contributed by atoms with Crippen LogP contribution >= 0.6 is 0 Å². The van der Waals surface area contributed by atoms with Gasteiger partial charge >= 0.3 is 0 Å². The molecule has 0 fully saturated rings. The van der Waals surface area contributed by atoms with E-state index in [0.29, 0.717) is 5.56 Å². The average Bonchev–Trinajstić information content (AvgIpc) is 2.70. The monoisotopic (exact) mass is 428 g/mol. The number of likely N-dealkylation sites (N-methyl/N-ethyl adjacent to an activating group) is 1. The molecule has 30 heavy (non-hydrogen) atoms. The topological polar surface area (TPSA) is 83.6 Å². The van der Waals surface area contributed by atoms with Crippen LogP contribution in [0.3, 0.4) is 0 Å². The fourth-order valence-corrected chi connectivity index (χ4v) is 5.06. The number of hydrogen-bond acceptors (Lipinski definition) is 4. The van der Waals surface area contributed by atoms with Gasteiger partial charge in [-0.15, -0.1) is 0 Å². The van der Waals surface area contributed by atoms with Crippen LogP contribution in [-0.2, 0) is 20.2 Å². The second kappa shape index (κ2) is 8.32. The fourth-order valence-electron chi connectivity index (χ4n) is 3.93. The van der Waals surface area contributed by atoms with Crippen LogP contribution in [0.4, 0.5) is 0 Å². The zero-order valence-electron chi connectivity index (χ0n) is 17.8. The van der Waals surface area contributed by atoms with Crippen molar-refractivity contribution in [1.82, 2.24) is 9.62 Å². The van der Waals surface area contributed by atoms with Crippen LogP contribution < -0.4 is 5.32 Å². The third-order valence-corrected chi connectivity index (χ3v) is 7.61. The Morgan fingerprint density at radius 1 is 1.10 bits per heavy atom. The second-order valence-electron chi connectivity index (χ2n) is 8.47. The lowest BCUT2D eigenvalue weighted by molar-refractivity contribution is -0.122. The Kier molecular flexibility index (Phi) is 6.15. The van der Waals surface area contributed by atoms with Crippen LogP contribution in [0.15, 0.2) is 53.4 Å². The van der Waals surface area contributed by atoms with Gasteiger partial charge in [-0.3, -0.25) is 9.59 Å². The normalized spacial score (nSPS) is 18.0. The molecule has 3 rings (SSSR count). The van der Waals surface area contributed by atoms with Gasteiger partial charge < -0.3 is 5.32 Å². The quantitative estimate of drug-likeness (QED) is 0.715. The fraction of sp³-hybridized carbons (Fsp3) is 0.391. The molecule has 0 saturated carbocycles. The van der Waals surface area contributed by atoms with E-state index in [1.807, 2.05) is 18.2 Å². The molecule has 1 unspecified atom stereocenters. The predicted octanol–water partition coefficient (Wildman–Crippen LogP) is 3.44. The summed E-state index contributed by atoms with van der Waals surface area (Å²) in [5.41, 5.74) is 2.79. The Balaban J connectivity index is 1.71. The minimum Gasteiger partial charge on any atom is -0.348 e. The predicted molar refractivity (Wildman–Crippen MR) is 116 cm³/mol. The minimum atomic E-state index is -3.84. The Morgan fingerprint density at radius 2 is 1.73 bits per heavy atom. The number of rotatable bonds is 6. The summed E-state index contributed by atoms with van der Waals surface area (Å²) in [5, 5.41) is 3.00. The van der Waals surface area contributed by atoms with Gasteiger partial charge in [0.15, 0.2) is 5.78 Å². The van der Waals surface area contributed by atoms with Gasteiger partial charge in [0.1, 0.15) is 0 Å². The first-order chi connectivity index (χ1) is 14.0. The molecule has 1 aliphatic rings. The molecule has 1 N–H and O–H groups in total. The van der Waals surface area contributed by atoms with Crippen LogP contribution in [0, 0.1) is 0 Å². The third kappa shape index (κ3) is 4.47. The van der Waals surface area contributed by atoms with Gasteiger partial charge in [0.05, 0.1) is 17.5 Å². The molecule has 6 nitrogen and oxygen atoms in total. The highest BCUT2D eigenvalue weighted by atomic mass is 32.2. The molecule has 0 aliphatic heterocycles. The van der Waals surface area contributed by atoms with E-state index in [0.717, 1.165) is 22.7 Å². The first-order valence-corrected chi connectivity index (χ1v) is 11.4. The summed E-state index contributed by atoms with van der Waals surface area (Å²) in [7, 11) is -2.45. The maximum atomic E-state index is 12.8. The van der Waals surface area contributed by atoms with Crippen LogP contribution in [0.2, 0.25) is 0 Å². The minimum absolute atomic E-state index is 0.0456. The number of hydrogen-bond donors (Lipinski definition) is 1. The Hall–Kier alpha value is -2.51. The summed E-state index contributed by atoms with van der Waals surface area (Å²) < 4.78 is 26.6. The molecule has 0 bridgehead atoms. The number of carbonyl (C=O) groups excluding carboxylic acids is 2. The number of sulfonamides is 1. The number of carbonyl (C=O) groups is 2. The van der Waals surface area contributed by atoms with E-state index < -0.39 is 10.0 Å². The van der Waals surface area contributed by atoms with Gasteiger partial charge in [0, 0.05) is 12.6 Å². The largest absolute Gasteiger partial charge is 0.348 e. The van der Waals surface area contributed by atoms with E-state index in [-0.39, 0.29) is 34.6 Å². The summed E-state index contributed by atoms with van der Waals surface area (Å²) in [6, 6.07) is 13.7. The van der Waals surface area contributed by atoms with E-state index in [4.69, 9.17) is 0 Å². The van der Waals surface area contributed by atoms with Gasteiger partial charge in [-0.2, -0.15) is 4.31 Å². The number of amides is 1. The van der Waals surface area contributed by atoms with Crippen molar-refractivity contribution >= 4 is 21.7 Å². The van der Waals surface area contributed by atoms with E-state index in [2.05, 4.69) is 25.2 Å². The van der Waals surface area contributed by atoms with Crippen molar-refractivity contribution in [1.29, 1.82) is 0 Å². The van der Waals surface area contributed by atoms with Crippen molar-refractivity contribution in [3.05, 3.63) is 65.2 Å². The molecule has 0 saturated heterocycles. The summed E-state index contributed by atoms with van der Waals surface area (Å²) in [6.07, 6.45) is 1.74. The lowest BCUT2D eigenvalue weighted by atomic mass is 9.71. The van der Waals surface area contributed by atoms with Crippen molar-refractivity contribution in [2.75, 3.05) is 13.6 Å². The Bertz CT molecular complexity index is 1060. The van der Waals surface area contributed by atoms with Gasteiger partial charge in [0.2, 0.25) is 15.9 Å². The number of fused-ring (bicyclic) bond motifs is 1. The van der Waals surface area contributed by atoms with Crippen LogP contribution in [0.5, 0.6) is 0 Å². The highest BCUT2D eigenvalue weighted by molar-refractivity contribution is 7.89. The van der Waals surface area contributed by atoms with Crippen LogP contribution in [-0.4, -0.2) is 38.0 Å². The van der Waals surface area contributed by atoms with Crippen molar-refractivity contribution in [3.63, 3.8) is 0 Å². The zero-order valence-corrected chi connectivity index (χ0v) is 18.6. The smallest absolute Gasteiger partial charge is 0.243 e. The average molecular weight is 429 g/mol. The molecule has 2 aromatic rings. The van der Waals surface area contributed by atoms with Gasteiger partial charge in [-0.25, -0.2) is 8.42 Å². The molecular weight excluding hydrogens is 400 g/mol. The lowest BCUT2D eigenvalue weighted by Crippen LogP contribution is -2.41. The summed E-state index contributed by atoms with van der Waals surface area (Å²) in [5.74, 6) is -0.483. The number of ketones is 1. The third-order valence-electron chi connectivity index (χ3n) is 5.79. The second-order valence-corrected chi connectivity index (χ2v) is 10.5. The standard InChI is InChI=1S/C23H28N2O4S/c1-16(26)17-9-11-18(12-10-17)30(28,29)25(4)15-22(27)24-21-13-14-23(2,3)20-8-6-5-7-19(20)21/h5-12,21H,13-15H2,1-4H3,(H,24,27). The van der Waals surface area contributed by atoms with Gasteiger partial charge in [0.25, 0.3) is 0 Å². The molecule has 1 atom stereocenters. The SMILES string of the molecule is CC(=O)c1ccc(S(=O)(=O)N(C)CC(=O)NC2CCC(C)(C)c3ccccc32)cc1. The lowest BCUT2D eigenvalue weighted by Gasteiger charge is -2.37. The summed E-state index contributed by atoms with van der Waals surface area (Å²) in [6.45, 7) is 5.53. The Morgan fingerprint density at radius 3 is 2.37 bits per heavy atom. The maximum absolute atomic E-state index is 12.8. The van der Waals surface area contributed by atoms with E-state index >= 15 is 0 Å².